The topological polar surface area (TPSA) is 19.0 Å². The number of fused-ring (bicyclic) bond motifs is 6. The van der Waals surface area contributed by atoms with Crippen molar-refractivity contribution in [3.05, 3.63) is 239 Å². The van der Waals surface area contributed by atoms with Gasteiger partial charge >= 0.3 is 0 Å². The maximum atomic E-state index is 4.28. The van der Waals surface area contributed by atoms with Crippen LogP contribution in [0.15, 0.2) is 200 Å². The van der Waals surface area contributed by atoms with Gasteiger partial charge in [0.1, 0.15) is 0 Å². The summed E-state index contributed by atoms with van der Waals surface area (Å²) in [5.41, 5.74) is 31.0. The van der Waals surface area contributed by atoms with E-state index in [1.165, 1.54) is 83.3 Å². The Morgan fingerprint density at radius 3 is 2.05 bits per heavy atom. The van der Waals surface area contributed by atoms with Crippen LogP contribution in [0.25, 0.3) is 61.5 Å². The fourth-order valence-corrected chi connectivity index (χ4v) is 9.98. The van der Waals surface area contributed by atoms with Gasteiger partial charge in [0.05, 0.1) is 11.2 Å². The van der Waals surface area contributed by atoms with Crippen LogP contribution in [0.4, 0.5) is 17.1 Å². The van der Waals surface area contributed by atoms with E-state index in [1.54, 1.807) is 0 Å². The molecular formula is C59H44N2. The molecule has 0 fully saturated rings. The van der Waals surface area contributed by atoms with E-state index in [4.69, 9.17) is 0 Å². The summed E-state index contributed by atoms with van der Waals surface area (Å²) in [6.45, 7) is 8.76. The van der Waals surface area contributed by atoms with E-state index in [2.05, 4.69) is 218 Å². The Balaban J connectivity index is 0.965. The molecule has 8 aromatic rings. The number of allylic oxidation sites excluding steroid dienone is 5. The van der Waals surface area contributed by atoms with Crippen molar-refractivity contribution in [1.29, 1.82) is 0 Å². The summed E-state index contributed by atoms with van der Waals surface area (Å²) < 4.78 is 0. The first-order valence-corrected chi connectivity index (χ1v) is 21.3. The van der Waals surface area contributed by atoms with Gasteiger partial charge in [-0.15, -0.1) is 0 Å². The number of para-hydroxylation sites is 1. The Morgan fingerprint density at radius 1 is 0.639 bits per heavy atom. The van der Waals surface area contributed by atoms with Gasteiger partial charge in [0.2, 0.25) is 0 Å². The van der Waals surface area contributed by atoms with Crippen molar-refractivity contribution in [3.63, 3.8) is 0 Å². The summed E-state index contributed by atoms with van der Waals surface area (Å²) in [5.74, 6) is 0.393. The molecule has 290 valence electrons. The molecule has 11 rings (SSSR count). The molecule has 7 aromatic carbocycles. The van der Waals surface area contributed by atoms with E-state index in [9.17, 15) is 0 Å². The van der Waals surface area contributed by atoms with E-state index in [-0.39, 0.29) is 0 Å². The first kappa shape index (κ1) is 36.5. The summed E-state index contributed by atoms with van der Waals surface area (Å²) in [6, 6.07) is 57.9. The minimum Gasteiger partial charge on any atom is -0.354 e. The number of aromatic nitrogens is 1. The van der Waals surface area contributed by atoms with E-state index in [0.717, 1.165) is 46.7 Å². The van der Waals surface area contributed by atoms with Crippen LogP contribution in [-0.2, 0) is 6.42 Å². The molecule has 0 aliphatic heterocycles. The maximum absolute atomic E-state index is 4.28. The van der Waals surface area contributed by atoms with Crippen LogP contribution in [0.5, 0.6) is 0 Å². The fraction of sp³-hybridized carbons (Fsp3) is 0.0847. The van der Waals surface area contributed by atoms with Crippen LogP contribution in [0.3, 0.4) is 0 Å². The minimum absolute atomic E-state index is 0.393. The fourth-order valence-electron chi connectivity index (χ4n) is 9.98. The highest BCUT2D eigenvalue weighted by Gasteiger charge is 2.27. The number of nitrogens with zero attached hydrogens (tertiary/aromatic N) is 1. The molecule has 0 radical (unpaired) electrons. The van der Waals surface area contributed by atoms with E-state index >= 15 is 0 Å². The quantitative estimate of drug-likeness (QED) is 0.152. The van der Waals surface area contributed by atoms with Crippen molar-refractivity contribution >= 4 is 45.2 Å². The number of anilines is 3. The van der Waals surface area contributed by atoms with E-state index < -0.39 is 0 Å². The van der Waals surface area contributed by atoms with Gasteiger partial charge in [-0.2, -0.15) is 0 Å². The van der Waals surface area contributed by atoms with Crippen molar-refractivity contribution in [2.75, 3.05) is 4.90 Å². The summed E-state index contributed by atoms with van der Waals surface area (Å²) in [4.78, 5) is 6.29. The average molecular weight is 781 g/mol. The monoisotopic (exact) mass is 780 g/mol. The van der Waals surface area contributed by atoms with Crippen LogP contribution in [0.2, 0.25) is 0 Å². The smallest absolute Gasteiger partial charge is 0.0544 e. The Bertz CT molecular complexity index is 3230. The Morgan fingerprint density at radius 2 is 1.30 bits per heavy atom. The zero-order valence-electron chi connectivity index (χ0n) is 34.5. The standard InChI is InChI=1S/C59H44N2/c1-4-49(58-50(5-2)56-22-14-21-54(59(56)60-58)41-17-10-7-11-18-41)43-25-30-52-44(34-43)35-45-36-47(28-31-53(45)52)61(46-26-23-40(24-27-46)39-15-8-6-9-16-39)48-29-32-55-51-20-13-12-19-42(51)33-38(3)57(55)37-48/h4-11,14-32,34,36-38,60H,2,33,35H2,1,3H3. The number of rotatable bonds is 8. The third-order valence-corrected chi connectivity index (χ3v) is 12.9. The molecule has 0 saturated heterocycles. The Kier molecular flexibility index (Phi) is 8.91. The SMILES string of the molecule is C=Cc1c(C(=CC)c2ccc3c(c2)Cc2cc(N(c4ccc(-c5ccccc5)cc4)c4ccc5c(c4)C(C)CC4=C5C=C=C=C4)ccc2-3)[nH]c2c(-c3ccccc3)cccc12. The molecule has 1 aromatic heterocycles. The summed E-state index contributed by atoms with van der Waals surface area (Å²) in [5, 5.41) is 1.18. The van der Waals surface area contributed by atoms with Crippen LogP contribution in [0.1, 0.15) is 65.3 Å². The van der Waals surface area contributed by atoms with Gasteiger partial charge in [-0.05, 0) is 141 Å². The highest BCUT2D eigenvalue weighted by Crippen LogP contribution is 2.47. The molecule has 3 aliphatic rings. The van der Waals surface area contributed by atoms with Gasteiger partial charge in [0, 0.05) is 39.1 Å². The second-order valence-electron chi connectivity index (χ2n) is 16.4. The Hall–Kier alpha value is -7.60. The highest BCUT2D eigenvalue weighted by molar-refractivity contribution is 6.04. The number of hydrogen-bond acceptors (Lipinski definition) is 1. The predicted octanol–water partition coefficient (Wildman–Crippen LogP) is 15.8. The number of aromatic amines is 1. The molecule has 2 heteroatoms. The number of benzene rings is 7. The zero-order valence-corrected chi connectivity index (χ0v) is 34.5. The van der Waals surface area contributed by atoms with Gasteiger partial charge in [-0.25, -0.2) is 0 Å². The molecule has 0 amide bonds. The van der Waals surface area contributed by atoms with Crippen molar-refractivity contribution in [1.82, 2.24) is 4.98 Å². The lowest BCUT2D eigenvalue weighted by atomic mass is 9.78. The second kappa shape index (κ2) is 14.9. The third kappa shape index (κ3) is 6.21. The van der Waals surface area contributed by atoms with Gasteiger partial charge in [-0.1, -0.05) is 158 Å². The molecule has 1 unspecified atom stereocenters. The largest absolute Gasteiger partial charge is 0.354 e. The zero-order chi connectivity index (χ0) is 41.0. The first-order valence-electron chi connectivity index (χ1n) is 21.3. The second-order valence-corrected chi connectivity index (χ2v) is 16.4. The Labute approximate surface area is 358 Å². The number of hydrogen-bond donors (Lipinski definition) is 1. The van der Waals surface area contributed by atoms with Gasteiger partial charge < -0.3 is 9.88 Å². The summed E-state index contributed by atoms with van der Waals surface area (Å²) >= 11 is 0. The van der Waals surface area contributed by atoms with Gasteiger partial charge in [0.15, 0.2) is 0 Å². The van der Waals surface area contributed by atoms with Crippen LogP contribution in [-0.4, -0.2) is 4.98 Å². The molecule has 2 nitrogen and oxygen atoms in total. The molecule has 0 spiro atoms. The summed E-state index contributed by atoms with van der Waals surface area (Å²) in [7, 11) is 0. The normalized spacial score (nSPS) is 14.8. The first-order chi connectivity index (χ1) is 30.1. The van der Waals surface area contributed by atoms with Crippen molar-refractivity contribution in [2.24, 2.45) is 0 Å². The lowest BCUT2D eigenvalue weighted by Crippen LogP contribution is -2.13. The molecule has 3 aliphatic carbocycles. The van der Waals surface area contributed by atoms with E-state index in [1.807, 2.05) is 6.08 Å². The van der Waals surface area contributed by atoms with Crippen LogP contribution in [0, 0.1) is 0 Å². The van der Waals surface area contributed by atoms with Crippen molar-refractivity contribution < 1.29 is 0 Å². The van der Waals surface area contributed by atoms with Gasteiger partial charge in [0.25, 0.3) is 0 Å². The molecule has 0 saturated carbocycles. The lowest BCUT2D eigenvalue weighted by Gasteiger charge is -2.30. The minimum atomic E-state index is 0.393. The molecule has 1 atom stereocenters. The maximum Gasteiger partial charge on any atom is 0.0544 e. The van der Waals surface area contributed by atoms with Gasteiger partial charge in [-0.3, -0.25) is 0 Å². The highest BCUT2D eigenvalue weighted by atomic mass is 15.1. The number of nitrogens with one attached hydrogen (secondary N) is 1. The van der Waals surface area contributed by atoms with Crippen LogP contribution >= 0.6 is 0 Å². The average Bonchev–Trinajstić information content (AvgIpc) is 3.88. The third-order valence-electron chi connectivity index (χ3n) is 12.9. The molecule has 61 heavy (non-hydrogen) atoms. The summed E-state index contributed by atoms with van der Waals surface area (Å²) in [6.07, 6.45) is 10.3. The predicted molar refractivity (Wildman–Crippen MR) is 257 cm³/mol. The molecule has 1 heterocycles. The van der Waals surface area contributed by atoms with Crippen molar-refractivity contribution in [3.8, 4) is 33.4 Å². The van der Waals surface area contributed by atoms with Crippen LogP contribution < -0.4 is 4.90 Å². The molecule has 1 N–H and O–H groups in total. The molecule has 0 bridgehead atoms. The van der Waals surface area contributed by atoms with Crippen molar-refractivity contribution in [2.45, 2.75) is 32.6 Å². The lowest BCUT2D eigenvalue weighted by molar-refractivity contribution is 0.749. The molecular weight excluding hydrogens is 737 g/mol. The van der Waals surface area contributed by atoms with E-state index in [0.29, 0.717) is 5.92 Å². The number of H-pyrrole nitrogens is 1.